The van der Waals surface area contributed by atoms with Crippen LogP contribution in [0.3, 0.4) is 0 Å². The lowest BCUT2D eigenvalue weighted by molar-refractivity contribution is 0.174. The summed E-state index contributed by atoms with van der Waals surface area (Å²) >= 11 is 1.68. The first kappa shape index (κ1) is 14.7. The third-order valence-electron chi connectivity index (χ3n) is 3.86. The number of β-amino-alcohol motifs (C(OH)–C–C–N with tert-alkyl or cyclic N) is 1. The number of rotatable bonds is 6. The Morgan fingerprint density at radius 3 is 2.86 bits per heavy atom. The molecule has 0 saturated carbocycles. The van der Waals surface area contributed by atoms with Crippen molar-refractivity contribution in [3.05, 3.63) is 52.0 Å². The Kier molecular flexibility index (Phi) is 4.98. The second kappa shape index (κ2) is 7.13. The minimum absolute atomic E-state index is 0.151. The number of hydrogen-bond donors (Lipinski definition) is 2. The Hall–Kier alpha value is -1.27. The summed E-state index contributed by atoms with van der Waals surface area (Å²) in [6.07, 6.45) is 2.66. The van der Waals surface area contributed by atoms with Gasteiger partial charge in [-0.25, -0.2) is 0 Å². The number of nitrogens with zero attached hydrogens (tertiary/aromatic N) is 2. The smallest absolute Gasteiger partial charge is 0.0794 e. The molecule has 2 heterocycles. The van der Waals surface area contributed by atoms with E-state index in [0.717, 1.165) is 39.1 Å². The first-order valence-electron chi connectivity index (χ1n) is 7.36. The van der Waals surface area contributed by atoms with Gasteiger partial charge in [0.2, 0.25) is 0 Å². The fourth-order valence-corrected chi connectivity index (χ4v) is 3.29. The molecular weight excluding hydrogens is 282 g/mol. The summed E-state index contributed by atoms with van der Waals surface area (Å²) in [7, 11) is 0. The van der Waals surface area contributed by atoms with Gasteiger partial charge < -0.3 is 10.4 Å². The maximum atomic E-state index is 9.64. The van der Waals surface area contributed by atoms with Crippen LogP contribution in [0, 0.1) is 0 Å². The molecule has 5 heteroatoms. The molecule has 0 amide bonds. The van der Waals surface area contributed by atoms with Crippen molar-refractivity contribution in [1.29, 1.82) is 0 Å². The average molecular weight is 303 g/mol. The molecule has 112 valence electrons. The van der Waals surface area contributed by atoms with Crippen molar-refractivity contribution >= 4 is 11.3 Å². The van der Waals surface area contributed by atoms with Crippen molar-refractivity contribution in [1.82, 2.24) is 15.2 Å². The average Bonchev–Trinajstić information content (AvgIpc) is 3.13. The highest BCUT2D eigenvalue weighted by Gasteiger charge is 2.20. The molecule has 1 aromatic heterocycles. The summed E-state index contributed by atoms with van der Waals surface area (Å²) in [5.74, 6) is 0. The summed E-state index contributed by atoms with van der Waals surface area (Å²) in [6, 6.07) is 8.55. The van der Waals surface area contributed by atoms with Crippen molar-refractivity contribution in [2.75, 3.05) is 13.1 Å². The molecule has 0 radical (unpaired) electrons. The van der Waals surface area contributed by atoms with Crippen LogP contribution in [-0.2, 0) is 19.6 Å². The van der Waals surface area contributed by atoms with E-state index >= 15 is 0 Å². The van der Waals surface area contributed by atoms with Gasteiger partial charge in [0, 0.05) is 43.8 Å². The Bertz CT molecular complexity index is 558. The molecule has 1 fully saturated rings. The Morgan fingerprint density at radius 1 is 1.29 bits per heavy atom. The number of aliphatic hydroxyl groups is 1. The van der Waals surface area contributed by atoms with E-state index in [2.05, 4.69) is 39.5 Å². The zero-order valence-electron chi connectivity index (χ0n) is 12.0. The lowest BCUT2D eigenvalue weighted by Gasteiger charge is -2.18. The number of aromatic nitrogens is 1. The van der Waals surface area contributed by atoms with Gasteiger partial charge in [0.05, 0.1) is 11.6 Å². The zero-order chi connectivity index (χ0) is 14.5. The molecule has 1 atom stereocenters. The maximum Gasteiger partial charge on any atom is 0.0794 e. The van der Waals surface area contributed by atoms with Crippen LogP contribution in [0.1, 0.15) is 22.4 Å². The lowest BCUT2D eigenvalue weighted by Crippen LogP contribution is -2.23. The minimum Gasteiger partial charge on any atom is -0.392 e. The highest BCUT2D eigenvalue weighted by Crippen LogP contribution is 2.16. The largest absolute Gasteiger partial charge is 0.392 e. The van der Waals surface area contributed by atoms with Crippen LogP contribution in [0.2, 0.25) is 0 Å². The van der Waals surface area contributed by atoms with E-state index in [1.54, 1.807) is 11.3 Å². The maximum absolute atomic E-state index is 9.64. The second-order valence-electron chi connectivity index (χ2n) is 5.52. The van der Waals surface area contributed by atoms with Crippen LogP contribution in [0.4, 0.5) is 0 Å². The van der Waals surface area contributed by atoms with Gasteiger partial charge in [-0.05, 0) is 17.5 Å². The molecule has 0 spiro atoms. The Morgan fingerprint density at radius 2 is 2.14 bits per heavy atom. The number of aliphatic hydroxyl groups excluding tert-OH is 1. The van der Waals surface area contributed by atoms with E-state index in [1.807, 2.05) is 11.7 Å². The molecule has 1 saturated heterocycles. The number of benzene rings is 1. The van der Waals surface area contributed by atoms with E-state index < -0.39 is 0 Å². The second-order valence-corrected chi connectivity index (χ2v) is 6.49. The molecule has 0 bridgehead atoms. The van der Waals surface area contributed by atoms with Crippen molar-refractivity contribution in [2.24, 2.45) is 0 Å². The first-order valence-corrected chi connectivity index (χ1v) is 8.24. The van der Waals surface area contributed by atoms with E-state index in [0.29, 0.717) is 0 Å². The van der Waals surface area contributed by atoms with Gasteiger partial charge in [-0.15, -0.1) is 11.3 Å². The molecule has 2 aromatic rings. The van der Waals surface area contributed by atoms with E-state index in [-0.39, 0.29) is 6.10 Å². The van der Waals surface area contributed by atoms with Gasteiger partial charge in [0.25, 0.3) is 0 Å². The Labute approximate surface area is 129 Å². The summed E-state index contributed by atoms with van der Waals surface area (Å²) in [5.41, 5.74) is 4.55. The minimum atomic E-state index is -0.151. The van der Waals surface area contributed by atoms with Crippen LogP contribution in [0.15, 0.2) is 36.0 Å². The summed E-state index contributed by atoms with van der Waals surface area (Å²) in [5, 5.41) is 13.1. The number of nitrogens with one attached hydrogen (secondary N) is 1. The summed E-state index contributed by atoms with van der Waals surface area (Å²) < 4.78 is 0. The molecule has 1 aromatic carbocycles. The highest BCUT2D eigenvalue weighted by molar-refractivity contribution is 7.09. The van der Waals surface area contributed by atoms with Crippen molar-refractivity contribution in [3.8, 4) is 0 Å². The molecule has 21 heavy (non-hydrogen) atoms. The molecule has 0 aliphatic carbocycles. The van der Waals surface area contributed by atoms with Gasteiger partial charge in [0.1, 0.15) is 0 Å². The summed E-state index contributed by atoms with van der Waals surface area (Å²) in [6.45, 7) is 4.44. The lowest BCUT2D eigenvalue weighted by atomic mass is 10.1. The third kappa shape index (κ3) is 4.11. The predicted octanol–water partition coefficient (Wildman–Crippen LogP) is 2.00. The van der Waals surface area contributed by atoms with E-state index in [4.69, 9.17) is 0 Å². The molecule has 4 nitrogen and oxygen atoms in total. The highest BCUT2D eigenvalue weighted by atomic mass is 32.1. The molecule has 1 aliphatic rings. The molecule has 3 rings (SSSR count). The summed E-state index contributed by atoms with van der Waals surface area (Å²) in [4.78, 5) is 7.67. The van der Waals surface area contributed by atoms with Gasteiger partial charge in [-0.3, -0.25) is 9.88 Å². The molecular formula is C16H21N3OS. The molecule has 2 N–H and O–H groups in total. The number of thiazole rings is 1. The van der Waals surface area contributed by atoms with Gasteiger partial charge in [-0.1, -0.05) is 24.3 Å². The van der Waals surface area contributed by atoms with Crippen molar-refractivity contribution in [3.63, 3.8) is 0 Å². The van der Waals surface area contributed by atoms with Gasteiger partial charge in [0.15, 0.2) is 0 Å². The first-order chi connectivity index (χ1) is 10.3. The van der Waals surface area contributed by atoms with Crippen LogP contribution in [-0.4, -0.2) is 34.2 Å². The van der Waals surface area contributed by atoms with Crippen LogP contribution < -0.4 is 5.32 Å². The number of hydrogen-bond acceptors (Lipinski definition) is 5. The third-order valence-corrected chi connectivity index (χ3v) is 4.64. The van der Waals surface area contributed by atoms with Crippen LogP contribution in [0.25, 0.3) is 0 Å². The van der Waals surface area contributed by atoms with Crippen molar-refractivity contribution < 1.29 is 5.11 Å². The van der Waals surface area contributed by atoms with E-state index in [1.165, 1.54) is 16.0 Å². The normalized spacial score (nSPS) is 19.2. The molecule has 1 aliphatic heterocycles. The SMILES string of the molecule is OC1CCN(Cc2ccccc2CNCc2cncs2)C1. The van der Waals surface area contributed by atoms with E-state index in [9.17, 15) is 5.11 Å². The predicted molar refractivity (Wildman–Crippen MR) is 85.0 cm³/mol. The topological polar surface area (TPSA) is 48.4 Å². The zero-order valence-corrected chi connectivity index (χ0v) is 12.9. The fourth-order valence-electron chi connectivity index (χ4n) is 2.73. The molecule has 1 unspecified atom stereocenters. The van der Waals surface area contributed by atoms with Gasteiger partial charge in [-0.2, -0.15) is 0 Å². The van der Waals surface area contributed by atoms with Gasteiger partial charge >= 0.3 is 0 Å². The monoisotopic (exact) mass is 303 g/mol. The van der Waals surface area contributed by atoms with Crippen LogP contribution >= 0.6 is 11.3 Å². The Balaban J connectivity index is 1.57. The van der Waals surface area contributed by atoms with Crippen molar-refractivity contribution in [2.45, 2.75) is 32.2 Å². The fraction of sp³-hybridized carbons (Fsp3) is 0.438. The number of likely N-dealkylation sites (tertiary alicyclic amines) is 1. The quantitative estimate of drug-likeness (QED) is 0.857. The van der Waals surface area contributed by atoms with Crippen LogP contribution in [0.5, 0.6) is 0 Å². The standard InChI is InChI=1S/C16H21N3OS/c20-15-5-6-19(11-15)10-14-4-2-1-3-13(14)7-17-8-16-9-18-12-21-16/h1-4,9,12,15,17,20H,5-8,10-11H2.